The number of carbonyl (C=O) groups excluding carboxylic acids is 1. The van der Waals surface area contributed by atoms with Crippen molar-refractivity contribution in [2.24, 2.45) is 5.41 Å². The second kappa shape index (κ2) is 9.89. The van der Waals surface area contributed by atoms with Gasteiger partial charge in [-0.3, -0.25) is 4.79 Å². The van der Waals surface area contributed by atoms with E-state index in [4.69, 9.17) is 4.74 Å². The molecule has 0 saturated heterocycles. The van der Waals surface area contributed by atoms with Crippen LogP contribution in [-0.4, -0.2) is 55.1 Å². The molecular weight excluding hydrogens is 410 g/mol. The molecular formula is C23H29N5O2S. The Bertz CT molecular complexity index is 1010. The van der Waals surface area contributed by atoms with Gasteiger partial charge in [-0.15, -0.1) is 11.3 Å². The fourth-order valence-electron chi connectivity index (χ4n) is 3.28. The number of nitrogens with zero attached hydrogens (tertiary/aromatic N) is 3. The molecule has 2 N–H and O–H groups in total. The first kappa shape index (κ1) is 22.7. The molecule has 3 aromatic rings. The first-order chi connectivity index (χ1) is 14.8. The highest BCUT2D eigenvalue weighted by Crippen LogP contribution is 2.28. The van der Waals surface area contributed by atoms with E-state index in [1.165, 1.54) is 11.3 Å². The van der Waals surface area contributed by atoms with Crippen molar-refractivity contribution < 1.29 is 9.53 Å². The van der Waals surface area contributed by atoms with Crippen LogP contribution in [0.5, 0.6) is 5.75 Å². The Kier molecular flexibility index (Phi) is 7.25. The van der Waals surface area contributed by atoms with E-state index in [0.29, 0.717) is 17.4 Å². The molecule has 0 radical (unpaired) electrons. The van der Waals surface area contributed by atoms with Gasteiger partial charge >= 0.3 is 0 Å². The number of methoxy groups -OCH3 is 1. The highest BCUT2D eigenvalue weighted by Gasteiger charge is 2.21. The Labute approximate surface area is 187 Å². The number of aromatic nitrogens is 2. The Morgan fingerprint density at radius 3 is 2.55 bits per heavy atom. The number of rotatable bonds is 9. The van der Waals surface area contributed by atoms with Crippen LogP contribution in [0.2, 0.25) is 0 Å². The van der Waals surface area contributed by atoms with Crippen molar-refractivity contribution in [3.8, 4) is 16.3 Å². The fraction of sp³-hybridized carbons (Fsp3) is 0.348. The van der Waals surface area contributed by atoms with Gasteiger partial charge in [0.05, 0.1) is 22.6 Å². The van der Waals surface area contributed by atoms with Gasteiger partial charge in [0.15, 0.2) is 0 Å². The monoisotopic (exact) mass is 439 g/mol. The summed E-state index contributed by atoms with van der Waals surface area (Å²) < 4.78 is 5.18. The van der Waals surface area contributed by atoms with Crippen molar-refractivity contribution in [1.82, 2.24) is 20.2 Å². The smallest absolute Gasteiger partial charge is 0.261 e. The Morgan fingerprint density at radius 2 is 1.87 bits per heavy atom. The number of carbonyl (C=O) groups is 1. The normalized spacial score (nSPS) is 11.4. The predicted octanol–water partition coefficient (Wildman–Crippen LogP) is 4.27. The number of hydrogen-bond donors (Lipinski definition) is 2. The summed E-state index contributed by atoms with van der Waals surface area (Å²) in [7, 11) is 5.71. The summed E-state index contributed by atoms with van der Waals surface area (Å²) in [6, 6.07) is 13.1. The van der Waals surface area contributed by atoms with Gasteiger partial charge in [-0.2, -0.15) is 0 Å². The van der Waals surface area contributed by atoms with Gasteiger partial charge in [0, 0.05) is 25.0 Å². The maximum absolute atomic E-state index is 12.6. The van der Waals surface area contributed by atoms with Crippen LogP contribution in [0.1, 0.15) is 23.5 Å². The van der Waals surface area contributed by atoms with E-state index >= 15 is 0 Å². The van der Waals surface area contributed by atoms with Crippen molar-refractivity contribution in [2.45, 2.75) is 13.8 Å². The first-order valence-electron chi connectivity index (χ1n) is 10.0. The van der Waals surface area contributed by atoms with Crippen LogP contribution in [0.15, 0.2) is 48.7 Å². The molecule has 0 aliphatic heterocycles. The highest BCUT2D eigenvalue weighted by molar-refractivity contribution is 7.17. The number of hydrogen-bond acceptors (Lipinski definition) is 7. The van der Waals surface area contributed by atoms with Crippen molar-refractivity contribution >= 4 is 28.9 Å². The molecule has 31 heavy (non-hydrogen) atoms. The molecule has 7 nitrogen and oxygen atoms in total. The molecule has 0 unspecified atom stereocenters. The van der Waals surface area contributed by atoms with E-state index in [-0.39, 0.29) is 11.3 Å². The average Bonchev–Trinajstić information content (AvgIpc) is 3.22. The molecule has 0 bridgehead atoms. The summed E-state index contributed by atoms with van der Waals surface area (Å²) in [4.78, 5) is 25.2. The summed E-state index contributed by atoms with van der Waals surface area (Å²) in [5, 5.41) is 6.24. The molecule has 0 saturated carbocycles. The predicted molar refractivity (Wildman–Crippen MR) is 126 cm³/mol. The van der Waals surface area contributed by atoms with Crippen LogP contribution in [-0.2, 0) is 0 Å². The summed E-state index contributed by atoms with van der Waals surface area (Å²) in [6.07, 6.45) is 1.71. The molecule has 0 atom stereocenters. The van der Waals surface area contributed by atoms with E-state index in [9.17, 15) is 4.79 Å². The molecule has 2 aromatic heterocycles. The second-order valence-corrected chi connectivity index (χ2v) is 9.45. The standard InChI is InChI=1S/C23H29N5O2S/c1-23(2,15-28(3)4)14-25-21(29)20-11-10-19(31-20)18-12-13-24-22(27-18)26-16-6-8-17(30-5)9-7-16/h6-13H,14-15H2,1-5H3,(H,25,29)(H,24,26,27). The maximum atomic E-state index is 12.6. The summed E-state index contributed by atoms with van der Waals surface area (Å²) >= 11 is 1.42. The quantitative estimate of drug-likeness (QED) is 0.518. The van der Waals surface area contributed by atoms with Crippen LogP contribution in [0, 0.1) is 5.41 Å². The van der Waals surface area contributed by atoms with Crippen LogP contribution in [0.25, 0.3) is 10.6 Å². The molecule has 1 aromatic carbocycles. The average molecular weight is 440 g/mol. The minimum Gasteiger partial charge on any atom is -0.497 e. The third-order valence-electron chi connectivity index (χ3n) is 4.56. The Morgan fingerprint density at radius 1 is 1.13 bits per heavy atom. The zero-order chi connectivity index (χ0) is 22.4. The van der Waals surface area contributed by atoms with Gasteiger partial charge < -0.3 is 20.3 Å². The van der Waals surface area contributed by atoms with Gasteiger partial charge in [-0.05, 0) is 62.0 Å². The molecule has 0 spiro atoms. The van der Waals surface area contributed by atoms with Gasteiger partial charge in [-0.1, -0.05) is 13.8 Å². The zero-order valence-electron chi connectivity index (χ0n) is 18.6. The van der Waals surface area contributed by atoms with E-state index in [1.54, 1.807) is 13.3 Å². The van der Waals surface area contributed by atoms with Crippen molar-refractivity contribution in [3.63, 3.8) is 0 Å². The number of ether oxygens (including phenoxy) is 1. The molecule has 0 fully saturated rings. The van der Waals surface area contributed by atoms with Gasteiger partial charge in [0.25, 0.3) is 5.91 Å². The first-order valence-corrected chi connectivity index (χ1v) is 10.8. The SMILES string of the molecule is COc1ccc(Nc2nccc(-c3ccc(C(=O)NCC(C)(C)CN(C)C)s3)n2)cc1. The third kappa shape index (κ3) is 6.50. The topological polar surface area (TPSA) is 79.4 Å². The molecule has 8 heteroatoms. The van der Waals surface area contributed by atoms with Crippen molar-refractivity contribution in [1.29, 1.82) is 0 Å². The lowest BCUT2D eigenvalue weighted by Gasteiger charge is -2.28. The number of thiophene rings is 1. The minimum absolute atomic E-state index is 0.00602. The Balaban J connectivity index is 1.66. The fourth-order valence-corrected chi connectivity index (χ4v) is 4.17. The number of benzene rings is 1. The molecule has 164 valence electrons. The maximum Gasteiger partial charge on any atom is 0.261 e. The third-order valence-corrected chi connectivity index (χ3v) is 5.66. The van der Waals surface area contributed by atoms with Crippen molar-refractivity contribution in [3.05, 3.63) is 53.5 Å². The molecule has 3 rings (SSSR count). The van der Waals surface area contributed by atoms with Gasteiger partial charge in [0.2, 0.25) is 5.95 Å². The minimum atomic E-state index is -0.0614. The van der Waals surface area contributed by atoms with Crippen molar-refractivity contribution in [2.75, 3.05) is 39.6 Å². The van der Waals surface area contributed by atoms with E-state index in [2.05, 4.69) is 39.3 Å². The molecule has 0 aliphatic carbocycles. The number of amides is 1. The lowest BCUT2D eigenvalue weighted by molar-refractivity contribution is 0.0933. The Hall–Kier alpha value is -2.97. The van der Waals surface area contributed by atoms with E-state index in [0.717, 1.165) is 28.6 Å². The van der Waals surface area contributed by atoms with Gasteiger partial charge in [0.1, 0.15) is 5.75 Å². The lowest BCUT2D eigenvalue weighted by Crippen LogP contribution is -2.39. The van der Waals surface area contributed by atoms with E-state index < -0.39 is 0 Å². The zero-order valence-corrected chi connectivity index (χ0v) is 19.4. The lowest BCUT2D eigenvalue weighted by atomic mass is 9.93. The summed E-state index contributed by atoms with van der Waals surface area (Å²) in [5.74, 6) is 1.22. The largest absolute Gasteiger partial charge is 0.497 e. The highest BCUT2D eigenvalue weighted by atomic mass is 32.1. The van der Waals surface area contributed by atoms with Crippen LogP contribution in [0.3, 0.4) is 0 Å². The number of anilines is 2. The summed E-state index contributed by atoms with van der Waals surface area (Å²) in [5.41, 5.74) is 1.63. The molecule has 0 aliphatic rings. The molecule has 1 amide bonds. The number of nitrogens with one attached hydrogen (secondary N) is 2. The van der Waals surface area contributed by atoms with Crippen LogP contribution in [0.4, 0.5) is 11.6 Å². The van der Waals surface area contributed by atoms with Crippen LogP contribution < -0.4 is 15.4 Å². The second-order valence-electron chi connectivity index (χ2n) is 8.37. The van der Waals surface area contributed by atoms with Gasteiger partial charge in [-0.25, -0.2) is 9.97 Å². The van der Waals surface area contributed by atoms with Crippen LogP contribution >= 0.6 is 11.3 Å². The molecule has 2 heterocycles. The summed E-state index contributed by atoms with van der Waals surface area (Å²) in [6.45, 7) is 5.80. The van der Waals surface area contributed by atoms with E-state index in [1.807, 2.05) is 56.6 Å².